The first-order chi connectivity index (χ1) is 11.2. The van der Waals surface area contributed by atoms with Gasteiger partial charge in [-0.2, -0.15) is 0 Å². The number of aryl methyl sites for hydroxylation is 1. The number of hydrogen-bond acceptors (Lipinski definition) is 4. The number of nitrogens with one attached hydrogen (secondary N) is 1. The van der Waals surface area contributed by atoms with Crippen LogP contribution in [0.1, 0.15) is 21.9 Å². The molecule has 0 aliphatic rings. The fraction of sp³-hybridized carbons (Fsp3) is 0.125. The molecular formula is C16H14N6O. The minimum Gasteiger partial charge on any atom is -0.345 e. The molecule has 0 unspecified atom stereocenters. The molecule has 0 aliphatic heterocycles. The largest absolute Gasteiger partial charge is 0.345 e. The molecule has 0 atom stereocenters. The van der Waals surface area contributed by atoms with Crippen molar-refractivity contribution in [2.75, 3.05) is 0 Å². The van der Waals surface area contributed by atoms with E-state index < -0.39 is 0 Å². The molecule has 114 valence electrons. The number of imidazole rings is 2. The Hall–Kier alpha value is -3.22. The standard InChI is InChI=1S/C16H14N6O/c1-11-15(20-13-4-2-3-6-21(11)13)16(23)19-9-12-8-18-14-10-17-5-7-22(12)14/h2-8,10H,9H2,1H3,(H,19,23). The number of hydrogen-bond donors (Lipinski definition) is 1. The van der Waals surface area contributed by atoms with E-state index in [4.69, 9.17) is 0 Å². The van der Waals surface area contributed by atoms with Crippen molar-refractivity contribution in [1.82, 2.24) is 29.1 Å². The highest BCUT2D eigenvalue weighted by Crippen LogP contribution is 2.12. The van der Waals surface area contributed by atoms with Crippen molar-refractivity contribution in [3.05, 3.63) is 66.3 Å². The Morgan fingerprint density at radius 3 is 2.96 bits per heavy atom. The molecule has 7 heteroatoms. The third-order valence-electron chi connectivity index (χ3n) is 3.81. The predicted molar refractivity (Wildman–Crippen MR) is 84.1 cm³/mol. The van der Waals surface area contributed by atoms with E-state index in [1.165, 1.54) is 0 Å². The monoisotopic (exact) mass is 306 g/mol. The third-order valence-corrected chi connectivity index (χ3v) is 3.81. The van der Waals surface area contributed by atoms with Crippen molar-refractivity contribution in [3.63, 3.8) is 0 Å². The van der Waals surface area contributed by atoms with Gasteiger partial charge in [0.2, 0.25) is 0 Å². The van der Waals surface area contributed by atoms with Crippen LogP contribution in [-0.2, 0) is 6.54 Å². The highest BCUT2D eigenvalue weighted by atomic mass is 16.1. The molecule has 4 aromatic heterocycles. The van der Waals surface area contributed by atoms with Gasteiger partial charge in [0.1, 0.15) is 11.3 Å². The Balaban J connectivity index is 1.59. The molecule has 23 heavy (non-hydrogen) atoms. The molecule has 0 spiro atoms. The van der Waals surface area contributed by atoms with Crippen LogP contribution in [0.2, 0.25) is 0 Å². The molecule has 0 fully saturated rings. The van der Waals surface area contributed by atoms with E-state index in [2.05, 4.69) is 20.3 Å². The quantitative estimate of drug-likeness (QED) is 0.624. The van der Waals surface area contributed by atoms with E-state index in [-0.39, 0.29) is 5.91 Å². The number of pyridine rings is 1. The second-order valence-electron chi connectivity index (χ2n) is 5.21. The van der Waals surface area contributed by atoms with E-state index >= 15 is 0 Å². The molecule has 7 nitrogen and oxygen atoms in total. The van der Waals surface area contributed by atoms with Gasteiger partial charge in [-0.3, -0.25) is 14.2 Å². The molecule has 0 aliphatic carbocycles. The van der Waals surface area contributed by atoms with Gasteiger partial charge in [0.05, 0.1) is 30.3 Å². The molecule has 0 aromatic carbocycles. The van der Waals surface area contributed by atoms with E-state index in [0.717, 1.165) is 22.7 Å². The average Bonchev–Trinajstić information content (AvgIpc) is 3.15. The van der Waals surface area contributed by atoms with Crippen molar-refractivity contribution in [2.24, 2.45) is 0 Å². The maximum atomic E-state index is 12.4. The number of aromatic nitrogens is 5. The number of nitrogens with zero attached hydrogens (tertiary/aromatic N) is 5. The van der Waals surface area contributed by atoms with Gasteiger partial charge in [-0.15, -0.1) is 0 Å². The normalized spacial score (nSPS) is 11.2. The van der Waals surface area contributed by atoms with Crippen LogP contribution in [-0.4, -0.2) is 29.7 Å². The van der Waals surface area contributed by atoms with Crippen LogP contribution in [0, 0.1) is 6.92 Å². The van der Waals surface area contributed by atoms with E-state index in [0.29, 0.717) is 12.2 Å². The summed E-state index contributed by atoms with van der Waals surface area (Å²) in [5.74, 6) is -0.199. The van der Waals surface area contributed by atoms with Crippen LogP contribution < -0.4 is 5.32 Å². The lowest BCUT2D eigenvalue weighted by Crippen LogP contribution is -2.24. The number of fused-ring (bicyclic) bond motifs is 2. The van der Waals surface area contributed by atoms with Crippen LogP contribution in [0.5, 0.6) is 0 Å². The summed E-state index contributed by atoms with van der Waals surface area (Å²) in [7, 11) is 0. The topological polar surface area (TPSA) is 76.6 Å². The first-order valence-electron chi connectivity index (χ1n) is 7.22. The van der Waals surface area contributed by atoms with Crippen LogP contribution >= 0.6 is 0 Å². The summed E-state index contributed by atoms with van der Waals surface area (Å²) < 4.78 is 3.79. The van der Waals surface area contributed by atoms with Crippen molar-refractivity contribution in [2.45, 2.75) is 13.5 Å². The van der Waals surface area contributed by atoms with Crippen LogP contribution in [0.4, 0.5) is 0 Å². The maximum absolute atomic E-state index is 12.4. The second-order valence-corrected chi connectivity index (χ2v) is 5.21. The van der Waals surface area contributed by atoms with Gasteiger partial charge < -0.3 is 9.72 Å². The summed E-state index contributed by atoms with van der Waals surface area (Å²) in [5, 5.41) is 2.90. The Kier molecular flexibility index (Phi) is 3.04. The molecule has 0 radical (unpaired) electrons. The van der Waals surface area contributed by atoms with E-state index in [9.17, 15) is 4.79 Å². The molecule has 0 saturated heterocycles. The number of carbonyl (C=O) groups excluding carboxylic acids is 1. The smallest absolute Gasteiger partial charge is 0.272 e. The van der Waals surface area contributed by atoms with Gasteiger partial charge in [-0.1, -0.05) is 6.07 Å². The molecule has 4 aromatic rings. The van der Waals surface area contributed by atoms with Gasteiger partial charge in [-0.05, 0) is 19.1 Å². The van der Waals surface area contributed by atoms with Crippen molar-refractivity contribution < 1.29 is 4.79 Å². The summed E-state index contributed by atoms with van der Waals surface area (Å²) >= 11 is 0. The highest BCUT2D eigenvalue weighted by molar-refractivity contribution is 5.94. The lowest BCUT2D eigenvalue weighted by Gasteiger charge is -2.04. The molecule has 1 N–H and O–H groups in total. The Morgan fingerprint density at radius 2 is 2.09 bits per heavy atom. The Labute approximate surface area is 131 Å². The van der Waals surface area contributed by atoms with Crippen molar-refractivity contribution >= 4 is 17.2 Å². The first kappa shape index (κ1) is 13.4. The van der Waals surface area contributed by atoms with Gasteiger partial charge in [-0.25, -0.2) is 9.97 Å². The van der Waals surface area contributed by atoms with Crippen LogP contribution in [0.15, 0.2) is 49.2 Å². The van der Waals surface area contributed by atoms with Gasteiger partial charge in [0.15, 0.2) is 5.65 Å². The molecular weight excluding hydrogens is 292 g/mol. The minimum absolute atomic E-state index is 0.199. The number of amides is 1. The summed E-state index contributed by atoms with van der Waals surface area (Å²) in [5.41, 5.74) is 3.65. The SMILES string of the molecule is Cc1c(C(=O)NCc2cnc3cnccn23)nc2ccccn12. The average molecular weight is 306 g/mol. The molecule has 1 amide bonds. The van der Waals surface area contributed by atoms with Gasteiger partial charge >= 0.3 is 0 Å². The fourth-order valence-electron chi connectivity index (χ4n) is 2.61. The summed E-state index contributed by atoms with van der Waals surface area (Å²) in [6.07, 6.45) is 8.81. The molecule has 0 saturated carbocycles. The van der Waals surface area contributed by atoms with Gasteiger partial charge in [0, 0.05) is 18.6 Å². The van der Waals surface area contributed by atoms with Crippen LogP contribution in [0.3, 0.4) is 0 Å². The van der Waals surface area contributed by atoms with Crippen LogP contribution in [0.25, 0.3) is 11.3 Å². The molecule has 4 rings (SSSR count). The lowest BCUT2D eigenvalue weighted by molar-refractivity contribution is 0.0945. The Morgan fingerprint density at radius 1 is 1.17 bits per heavy atom. The summed E-state index contributed by atoms with van der Waals surface area (Å²) in [4.78, 5) is 25.1. The maximum Gasteiger partial charge on any atom is 0.272 e. The fourth-order valence-corrected chi connectivity index (χ4v) is 2.61. The highest BCUT2D eigenvalue weighted by Gasteiger charge is 2.15. The Bertz CT molecular complexity index is 1020. The van der Waals surface area contributed by atoms with Crippen molar-refractivity contribution in [3.8, 4) is 0 Å². The minimum atomic E-state index is -0.199. The summed E-state index contributed by atoms with van der Waals surface area (Å²) in [6.45, 7) is 2.26. The van der Waals surface area contributed by atoms with Crippen molar-refractivity contribution in [1.29, 1.82) is 0 Å². The third kappa shape index (κ3) is 2.22. The van der Waals surface area contributed by atoms with E-state index in [1.807, 2.05) is 46.3 Å². The second kappa shape index (κ2) is 5.20. The zero-order valence-corrected chi connectivity index (χ0v) is 12.5. The van der Waals surface area contributed by atoms with E-state index in [1.54, 1.807) is 18.6 Å². The molecule has 0 bridgehead atoms. The zero-order chi connectivity index (χ0) is 15.8. The first-order valence-corrected chi connectivity index (χ1v) is 7.22. The number of carbonyl (C=O) groups is 1. The summed E-state index contributed by atoms with van der Waals surface area (Å²) in [6, 6.07) is 5.69. The zero-order valence-electron chi connectivity index (χ0n) is 12.5. The molecule has 4 heterocycles. The predicted octanol–water partition coefficient (Wildman–Crippen LogP) is 1.62. The lowest BCUT2D eigenvalue weighted by atomic mass is 10.3. The van der Waals surface area contributed by atoms with Gasteiger partial charge in [0.25, 0.3) is 5.91 Å². The number of rotatable bonds is 3.